The van der Waals surface area contributed by atoms with Crippen LogP contribution in [0, 0.1) is 11.7 Å². The zero-order valence-electron chi connectivity index (χ0n) is 11.7. The summed E-state index contributed by atoms with van der Waals surface area (Å²) in [5.41, 5.74) is -0.340. The fourth-order valence-electron chi connectivity index (χ4n) is 1.86. The van der Waals surface area contributed by atoms with Crippen LogP contribution in [0.4, 0.5) is 4.39 Å². The van der Waals surface area contributed by atoms with E-state index in [-0.39, 0.29) is 11.5 Å². The van der Waals surface area contributed by atoms with Crippen LogP contribution in [-0.4, -0.2) is 37.2 Å². The Kier molecular flexibility index (Phi) is 5.82. The van der Waals surface area contributed by atoms with E-state index in [0.717, 1.165) is 12.1 Å². The molecule has 1 rings (SSSR count). The number of carboxylic acid groups (broad SMARTS) is 1. The van der Waals surface area contributed by atoms with Crippen LogP contribution in [0.3, 0.4) is 0 Å². The number of benzene rings is 1. The number of hydrogen-bond donors (Lipinski definition) is 3. The fourth-order valence-corrected chi connectivity index (χ4v) is 3.16. The largest absolute Gasteiger partial charge is 0.478 e. The van der Waals surface area contributed by atoms with Gasteiger partial charge in [0.05, 0.1) is 12.2 Å². The van der Waals surface area contributed by atoms with Crippen molar-refractivity contribution in [3.05, 3.63) is 29.6 Å². The standard InChI is InChI=1S/C13H18FNO5S/c1-8(2)5-10(7-16)15-21(19,20)12-4-3-9(13(17)18)6-11(12)14/h3-4,6,8,10,15-16H,5,7H2,1-2H3,(H,17,18). The topological polar surface area (TPSA) is 104 Å². The molecule has 118 valence electrons. The quantitative estimate of drug-likeness (QED) is 0.701. The van der Waals surface area contributed by atoms with Gasteiger partial charge in [0.2, 0.25) is 10.0 Å². The molecule has 0 heterocycles. The third kappa shape index (κ3) is 4.76. The van der Waals surface area contributed by atoms with Crippen LogP contribution in [0.1, 0.15) is 30.6 Å². The molecule has 0 aliphatic carbocycles. The number of aliphatic hydroxyl groups excluding tert-OH is 1. The zero-order chi connectivity index (χ0) is 16.2. The van der Waals surface area contributed by atoms with E-state index in [0.29, 0.717) is 12.5 Å². The number of halogens is 1. The second-order valence-corrected chi connectivity index (χ2v) is 6.76. The first kappa shape index (κ1) is 17.5. The van der Waals surface area contributed by atoms with Gasteiger partial charge in [-0.25, -0.2) is 22.3 Å². The van der Waals surface area contributed by atoms with Crippen LogP contribution < -0.4 is 4.72 Å². The van der Waals surface area contributed by atoms with Gasteiger partial charge in [-0.2, -0.15) is 0 Å². The number of hydrogen-bond acceptors (Lipinski definition) is 4. The van der Waals surface area contributed by atoms with Crippen molar-refractivity contribution < 1.29 is 27.8 Å². The monoisotopic (exact) mass is 319 g/mol. The minimum absolute atomic E-state index is 0.143. The smallest absolute Gasteiger partial charge is 0.335 e. The molecule has 8 heteroatoms. The van der Waals surface area contributed by atoms with Crippen molar-refractivity contribution in [3.8, 4) is 0 Å². The zero-order valence-corrected chi connectivity index (χ0v) is 12.5. The molecule has 21 heavy (non-hydrogen) atoms. The number of aromatic carboxylic acids is 1. The normalized spacial score (nSPS) is 13.4. The first-order valence-corrected chi connectivity index (χ1v) is 7.81. The van der Waals surface area contributed by atoms with Gasteiger partial charge in [-0.1, -0.05) is 13.8 Å². The van der Waals surface area contributed by atoms with E-state index in [2.05, 4.69) is 4.72 Å². The van der Waals surface area contributed by atoms with Crippen molar-refractivity contribution in [3.63, 3.8) is 0 Å². The highest BCUT2D eigenvalue weighted by Gasteiger charge is 2.24. The van der Waals surface area contributed by atoms with Gasteiger partial charge in [0.15, 0.2) is 0 Å². The van der Waals surface area contributed by atoms with Crippen LogP contribution in [0.2, 0.25) is 0 Å². The Balaban J connectivity index is 3.05. The summed E-state index contributed by atoms with van der Waals surface area (Å²) >= 11 is 0. The van der Waals surface area contributed by atoms with Crippen molar-refractivity contribution in [2.75, 3.05) is 6.61 Å². The van der Waals surface area contributed by atoms with E-state index in [1.54, 1.807) is 0 Å². The predicted octanol–water partition coefficient (Wildman–Crippen LogP) is 1.21. The molecule has 0 saturated carbocycles. The molecule has 3 N–H and O–H groups in total. The summed E-state index contributed by atoms with van der Waals surface area (Å²) in [6.45, 7) is 3.31. The number of aliphatic hydroxyl groups is 1. The first-order chi connectivity index (χ1) is 9.67. The summed E-state index contributed by atoms with van der Waals surface area (Å²) < 4.78 is 40.1. The van der Waals surface area contributed by atoms with Crippen molar-refractivity contribution >= 4 is 16.0 Å². The summed E-state index contributed by atoms with van der Waals surface area (Å²) in [4.78, 5) is 10.1. The predicted molar refractivity (Wildman–Crippen MR) is 74.0 cm³/mol. The average Bonchev–Trinajstić information content (AvgIpc) is 2.36. The summed E-state index contributed by atoms with van der Waals surface area (Å²) in [6, 6.07) is 1.82. The van der Waals surface area contributed by atoms with E-state index in [9.17, 15) is 22.7 Å². The molecule has 0 bridgehead atoms. The van der Waals surface area contributed by atoms with Crippen LogP contribution in [0.25, 0.3) is 0 Å². The molecule has 1 unspecified atom stereocenters. The van der Waals surface area contributed by atoms with Crippen LogP contribution >= 0.6 is 0 Å². The molecular weight excluding hydrogens is 301 g/mol. The Morgan fingerprint density at radius 2 is 2.00 bits per heavy atom. The van der Waals surface area contributed by atoms with Crippen LogP contribution in [0.15, 0.2) is 23.1 Å². The molecule has 0 aromatic heterocycles. The van der Waals surface area contributed by atoms with Crippen LogP contribution in [-0.2, 0) is 10.0 Å². The van der Waals surface area contributed by atoms with Crippen molar-refractivity contribution in [2.45, 2.75) is 31.2 Å². The Hall–Kier alpha value is -1.51. The second-order valence-electron chi connectivity index (χ2n) is 5.08. The van der Waals surface area contributed by atoms with Crippen molar-refractivity contribution in [1.29, 1.82) is 0 Å². The first-order valence-electron chi connectivity index (χ1n) is 6.33. The van der Waals surface area contributed by atoms with Gasteiger partial charge < -0.3 is 10.2 Å². The van der Waals surface area contributed by atoms with Gasteiger partial charge in [-0.05, 0) is 30.5 Å². The Morgan fingerprint density at radius 1 is 1.38 bits per heavy atom. The lowest BCUT2D eigenvalue weighted by Crippen LogP contribution is -2.38. The van der Waals surface area contributed by atoms with Gasteiger partial charge in [-0.15, -0.1) is 0 Å². The van der Waals surface area contributed by atoms with E-state index < -0.39 is 39.4 Å². The molecule has 1 aromatic carbocycles. The number of nitrogens with one attached hydrogen (secondary N) is 1. The molecule has 1 atom stereocenters. The summed E-state index contributed by atoms with van der Waals surface area (Å²) in [6.07, 6.45) is 0.393. The van der Waals surface area contributed by atoms with Gasteiger partial charge >= 0.3 is 5.97 Å². The maximum atomic E-state index is 13.8. The molecule has 0 radical (unpaired) electrons. The van der Waals surface area contributed by atoms with E-state index >= 15 is 0 Å². The van der Waals surface area contributed by atoms with E-state index in [1.807, 2.05) is 13.8 Å². The molecule has 0 aliphatic rings. The number of rotatable bonds is 7. The average molecular weight is 319 g/mol. The maximum Gasteiger partial charge on any atom is 0.335 e. The lowest BCUT2D eigenvalue weighted by Gasteiger charge is -2.18. The van der Waals surface area contributed by atoms with E-state index in [1.165, 1.54) is 0 Å². The molecule has 6 nitrogen and oxygen atoms in total. The third-order valence-electron chi connectivity index (χ3n) is 2.77. The van der Waals surface area contributed by atoms with Crippen molar-refractivity contribution in [2.24, 2.45) is 5.92 Å². The minimum atomic E-state index is -4.17. The van der Waals surface area contributed by atoms with Gasteiger partial charge in [0, 0.05) is 6.04 Å². The van der Waals surface area contributed by atoms with Gasteiger partial charge in [0.1, 0.15) is 10.7 Å². The number of sulfonamides is 1. The Labute approximate surface area is 122 Å². The number of carboxylic acids is 1. The highest BCUT2D eigenvalue weighted by molar-refractivity contribution is 7.89. The third-order valence-corrected chi connectivity index (χ3v) is 4.32. The highest BCUT2D eigenvalue weighted by atomic mass is 32.2. The van der Waals surface area contributed by atoms with Crippen molar-refractivity contribution in [1.82, 2.24) is 4.72 Å². The molecule has 0 amide bonds. The molecule has 1 aromatic rings. The Bertz CT molecular complexity index is 615. The summed E-state index contributed by atoms with van der Waals surface area (Å²) in [5, 5.41) is 17.9. The fraction of sp³-hybridized carbons (Fsp3) is 0.462. The lowest BCUT2D eigenvalue weighted by molar-refractivity contribution is 0.0696. The van der Waals surface area contributed by atoms with Gasteiger partial charge in [0.25, 0.3) is 0 Å². The summed E-state index contributed by atoms with van der Waals surface area (Å²) in [5.74, 6) is -2.36. The van der Waals surface area contributed by atoms with Crippen LogP contribution in [0.5, 0.6) is 0 Å². The second kappa shape index (κ2) is 6.97. The minimum Gasteiger partial charge on any atom is -0.478 e. The molecule has 0 spiro atoms. The summed E-state index contributed by atoms with van der Waals surface area (Å²) in [7, 11) is -4.17. The molecule has 0 aliphatic heterocycles. The number of carbonyl (C=O) groups is 1. The molecule has 0 fully saturated rings. The SMILES string of the molecule is CC(C)CC(CO)NS(=O)(=O)c1ccc(C(=O)O)cc1F. The highest BCUT2D eigenvalue weighted by Crippen LogP contribution is 2.17. The maximum absolute atomic E-state index is 13.8. The lowest BCUT2D eigenvalue weighted by atomic mass is 10.1. The molecule has 0 saturated heterocycles. The molecular formula is C13H18FNO5S. The van der Waals surface area contributed by atoms with Gasteiger partial charge in [-0.3, -0.25) is 0 Å². The van der Waals surface area contributed by atoms with E-state index in [4.69, 9.17) is 5.11 Å². The Morgan fingerprint density at radius 3 is 2.43 bits per heavy atom.